The Morgan fingerprint density at radius 1 is 0.849 bits per heavy atom. The molecule has 73 heavy (non-hydrogen) atoms. The van der Waals surface area contributed by atoms with E-state index in [9.17, 15) is 39.0 Å². The van der Waals surface area contributed by atoms with Crippen LogP contribution in [-0.4, -0.2) is 126 Å². The number of Topliss-reactive ketones (excluding diaryl/α,β-unsaturated/α-hetero) is 4. The summed E-state index contributed by atoms with van der Waals surface area (Å²) in [5.41, 5.74) is 2.01. The van der Waals surface area contributed by atoms with Gasteiger partial charge in [0, 0.05) is 76.4 Å². The van der Waals surface area contributed by atoms with Crippen LogP contribution in [-0.2, 0) is 47.7 Å². The number of aliphatic hydroxyl groups excluding tert-OH is 1. The van der Waals surface area contributed by atoms with Crippen LogP contribution in [0, 0.1) is 41.4 Å². The topological polar surface area (TPSA) is 192 Å². The number of cyclic esters (lactones) is 1. The van der Waals surface area contributed by atoms with Gasteiger partial charge in [-0.25, -0.2) is 4.79 Å². The van der Waals surface area contributed by atoms with Crippen LogP contribution in [0.25, 0.3) is 0 Å². The molecule has 5 rings (SSSR count). The summed E-state index contributed by atoms with van der Waals surface area (Å²) >= 11 is 0. The van der Waals surface area contributed by atoms with Crippen molar-refractivity contribution in [2.24, 2.45) is 41.4 Å². The second kappa shape index (κ2) is 27.9. The summed E-state index contributed by atoms with van der Waals surface area (Å²) in [6.45, 7) is 13.1. The normalized spacial score (nSPS) is 37.2. The van der Waals surface area contributed by atoms with Crippen molar-refractivity contribution in [2.45, 2.75) is 180 Å². The molecule has 14 nitrogen and oxygen atoms in total. The number of esters is 1. The summed E-state index contributed by atoms with van der Waals surface area (Å²) < 4.78 is 30.0. The maximum atomic E-state index is 14.6. The summed E-state index contributed by atoms with van der Waals surface area (Å²) in [7, 11) is 4.62. The molecule has 15 atom stereocenters. The van der Waals surface area contributed by atoms with Crippen molar-refractivity contribution < 1.29 is 62.7 Å². The van der Waals surface area contributed by atoms with E-state index >= 15 is 0 Å². The van der Waals surface area contributed by atoms with Crippen LogP contribution < -0.4 is 0 Å². The van der Waals surface area contributed by atoms with Gasteiger partial charge in [-0.1, -0.05) is 107 Å². The van der Waals surface area contributed by atoms with Crippen LogP contribution in [0.1, 0.15) is 142 Å². The lowest BCUT2D eigenvalue weighted by Gasteiger charge is -2.42. The van der Waals surface area contributed by atoms with Gasteiger partial charge in [0.1, 0.15) is 24.0 Å². The van der Waals surface area contributed by atoms with Crippen molar-refractivity contribution in [2.75, 3.05) is 27.9 Å². The van der Waals surface area contributed by atoms with E-state index < -0.39 is 83.7 Å². The van der Waals surface area contributed by atoms with Gasteiger partial charge in [-0.05, 0) is 101 Å². The van der Waals surface area contributed by atoms with Crippen LogP contribution in [0.3, 0.4) is 0 Å². The number of benzene rings is 1. The number of allylic oxidation sites excluding steroid dienone is 6. The monoisotopic (exact) mass is 1020 g/mol. The first kappa shape index (κ1) is 59.4. The highest BCUT2D eigenvalue weighted by Crippen LogP contribution is 2.38. The lowest BCUT2D eigenvalue weighted by molar-refractivity contribution is -0.265. The predicted octanol–water partition coefficient (Wildman–Crippen LogP) is 8.71. The fourth-order valence-corrected chi connectivity index (χ4v) is 11.4. The molecule has 3 aliphatic heterocycles. The smallest absolute Gasteiger partial charge is 0.329 e. The van der Waals surface area contributed by atoms with Gasteiger partial charge in [-0.3, -0.25) is 24.0 Å². The number of amides is 1. The largest absolute Gasteiger partial charge is 0.460 e. The molecule has 14 heteroatoms. The predicted molar refractivity (Wildman–Crippen MR) is 278 cm³/mol. The minimum absolute atomic E-state index is 0.00288. The number of carbonyl (C=O) groups excluding carboxylic acids is 6. The molecule has 0 aromatic heterocycles. The molecule has 1 aromatic rings. The Bertz CT molecular complexity index is 2170. The van der Waals surface area contributed by atoms with Crippen molar-refractivity contribution in [3.8, 4) is 0 Å². The molecule has 3 heterocycles. The highest BCUT2D eigenvalue weighted by molar-refractivity contribution is 6.39. The van der Waals surface area contributed by atoms with Gasteiger partial charge in [0.15, 0.2) is 11.6 Å². The zero-order valence-electron chi connectivity index (χ0n) is 45.2. The van der Waals surface area contributed by atoms with E-state index in [1.165, 1.54) is 12.0 Å². The SMILES string of the molecule is CO[C@H]1C[C@@H]2CC[C@@H](C)[C@@](O)(O2)C(=O)C(=O)N2CCCC[C@H]2C(=O)O[C@H]([C@H](C)C[C@@H]2CC[C@@H](O)[C@H](OC)C2)CC(=O)[C@H](C)/C=C(\C)[C@@H](CC(=O)c2ccccc2)[C@@H](OC)C(=O)[C@H](C)C[C@H](C)/C=C/C=C/C=C/1C. The van der Waals surface area contributed by atoms with Crippen molar-refractivity contribution in [3.05, 3.63) is 83.5 Å². The second-order valence-corrected chi connectivity index (χ2v) is 21.7. The summed E-state index contributed by atoms with van der Waals surface area (Å²) in [6, 6.07) is 7.72. The first-order valence-electron chi connectivity index (χ1n) is 26.8. The number of piperidine rings is 1. The van der Waals surface area contributed by atoms with E-state index in [4.69, 9.17) is 23.7 Å². The lowest BCUT2D eigenvalue weighted by Crippen LogP contribution is -2.61. The van der Waals surface area contributed by atoms with E-state index in [1.807, 2.05) is 71.1 Å². The number of nitrogens with zero attached hydrogens (tertiary/aromatic N) is 1. The molecular weight excluding hydrogens is 931 g/mol. The van der Waals surface area contributed by atoms with E-state index in [2.05, 4.69) is 0 Å². The van der Waals surface area contributed by atoms with E-state index in [1.54, 1.807) is 58.4 Å². The number of ether oxygens (including phenoxy) is 5. The highest BCUT2D eigenvalue weighted by atomic mass is 16.6. The van der Waals surface area contributed by atoms with Crippen LogP contribution >= 0.6 is 0 Å². The number of aliphatic hydroxyl groups is 2. The van der Waals surface area contributed by atoms with Crippen molar-refractivity contribution in [3.63, 3.8) is 0 Å². The second-order valence-electron chi connectivity index (χ2n) is 21.7. The third kappa shape index (κ3) is 15.8. The summed E-state index contributed by atoms with van der Waals surface area (Å²) in [5.74, 6) is -8.78. The van der Waals surface area contributed by atoms with Crippen molar-refractivity contribution in [1.82, 2.24) is 4.90 Å². The fourth-order valence-electron chi connectivity index (χ4n) is 11.4. The first-order valence-corrected chi connectivity index (χ1v) is 26.8. The van der Waals surface area contributed by atoms with Gasteiger partial charge in [-0.15, -0.1) is 0 Å². The van der Waals surface area contributed by atoms with Crippen LogP contribution in [0.4, 0.5) is 0 Å². The number of ketones is 4. The Balaban J connectivity index is 1.54. The number of carbonyl (C=O) groups is 6. The number of methoxy groups -OCH3 is 3. The van der Waals surface area contributed by atoms with Crippen LogP contribution in [0.15, 0.2) is 77.9 Å². The molecule has 0 radical (unpaired) electrons. The molecule has 404 valence electrons. The number of fused-ring (bicyclic) bond motifs is 3. The third-order valence-corrected chi connectivity index (χ3v) is 16.2. The molecule has 3 fully saturated rings. The zero-order chi connectivity index (χ0) is 53.6. The van der Waals surface area contributed by atoms with Gasteiger partial charge in [-0.2, -0.15) is 0 Å². The Labute approximate surface area is 434 Å². The Kier molecular flexibility index (Phi) is 22.7. The quantitative estimate of drug-likeness (QED) is 0.103. The van der Waals surface area contributed by atoms with Gasteiger partial charge in [0.25, 0.3) is 11.7 Å². The van der Waals surface area contributed by atoms with E-state index in [0.717, 1.165) is 5.57 Å². The number of hydrogen-bond donors (Lipinski definition) is 2. The minimum atomic E-state index is -2.44. The summed E-state index contributed by atoms with van der Waals surface area (Å²) in [6.07, 6.45) is 12.7. The zero-order valence-corrected chi connectivity index (χ0v) is 45.2. The first-order chi connectivity index (χ1) is 34.7. The highest BCUT2D eigenvalue weighted by Gasteiger charge is 2.53. The molecule has 2 bridgehead atoms. The van der Waals surface area contributed by atoms with E-state index in [-0.39, 0.29) is 67.0 Å². The molecule has 1 saturated carbocycles. The van der Waals surface area contributed by atoms with Gasteiger partial charge < -0.3 is 38.8 Å². The Morgan fingerprint density at radius 3 is 2.26 bits per heavy atom. The standard InChI is InChI=1S/C59H85NO13/c1-36-19-13-11-14-20-37(2)51(69-8)33-45-26-24-42(7)59(68,73-45)56(65)57(66)60-28-18-17-23-47(60)58(67)72-52(40(5)31-43-25-27-48(61)53(32-43)70-9)35-49(62)39(4)30-38(3)46(55(71-10)54(64)41(6)29-36)34-50(63)44-21-15-12-16-22-44/h11-16,19-22,30,36,39-43,45-48,51-53,55,61,68H,17-18,23-29,31-35H2,1-10H3/b14-11+,19-13+,37-20+,38-30+/t36-,39-,40-,41-,42-,43+,45+,46-,47+,48-,51+,52+,53-,55-,59-/m1/s1. The van der Waals surface area contributed by atoms with Crippen molar-refractivity contribution >= 4 is 35.0 Å². The molecule has 2 N–H and O–H groups in total. The molecule has 1 aliphatic carbocycles. The molecule has 0 spiro atoms. The maximum absolute atomic E-state index is 14.6. The number of hydrogen-bond acceptors (Lipinski definition) is 13. The summed E-state index contributed by atoms with van der Waals surface area (Å²) in [4.78, 5) is 87.4. The maximum Gasteiger partial charge on any atom is 0.329 e. The number of rotatable bonds is 9. The van der Waals surface area contributed by atoms with Crippen molar-refractivity contribution in [1.29, 1.82) is 0 Å². The Hall–Kier alpha value is -4.44. The van der Waals surface area contributed by atoms with Crippen LogP contribution in [0.5, 0.6) is 0 Å². The molecular formula is C59H85NO13. The third-order valence-electron chi connectivity index (χ3n) is 16.2. The molecule has 4 aliphatic rings. The van der Waals surface area contributed by atoms with E-state index in [0.29, 0.717) is 75.3 Å². The van der Waals surface area contributed by atoms with Gasteiger partial charge in [0.05, 0.1) is 24.4 Å². The average molecular weight is 1020 g/mol. The Morgan fingerprint density at radius 2 is 1.58 bits per heavy atom. The molecule has 0 unspecified atom stereocenters. The van der Waals surface area contributed by atoms with Crippen LogP contribution in [0.2, 0.25) is 0 Å². The summed E-state index contributed by atoms with van der Waals surface area (Å²) in [5, 5.41) is 22.6. The van der Waals surface area contributed by atoms with Gasteiger partial charge >= 0.3 is 5.97 Å². The lowest BCUT2D eigenvalue weighted by atomic mass is 9.78. The molecule has 2 saturated heterocycles. The average Bonchev–Trinajstić information content (AvgIpc) is 3.38. The fraction of sp³-hybridized carbons (Fsp3) is 0.661. The minimum Gasteiger partial charge on any atom is -0.460 e. The molecule has 1 amide bonds. The molecule has 1 aromatic carbocycles. The van der Waals surface area contributed by atoms with Gasteiger partial charge in [0.2, 0.25) is 5.79 Å².